The van der Waals surface area contributed by atoms with Crippen LogP contribution in [0.4, 0.5) is 0 Å². The molecular formula is C17H17BrO2. The van der Waals surface area contributed by atoms with Crippen molar-refractivity contribution in [3.63, 3.8) is 0 Å². The van der Waals surface area contributed by atoms with Crippen LogP contribution in [0.2, 0.25) is 0 Å². The molecule has 0 radical (unpaired) electrons. The fraction of sp³-hybridized carbons (Fsp3) is 0.294. The van der Waals surface area contributed by atoms with Crippen molar-refractivity contribution in [1.82, 2.24) is 0 Å². The fourth-order valence-electron chi connectivity index (χ4n) is 2.35. The van der Waals surface area contributed by atoms with Crippen LogP contribution >= 0.6 is 15.9 Å². The van der Waals surface area contributed by atoms with Gasteiger partial charge >= 0.3 is 0 Å². The van der Waals surface area contributed by atoms with Crippen LogP contribution in [0.3, 0.4) is 0 Å². The Morgan fingerprint density at radius 3 is 2.80 bits per heavy atom. The zero-order valence-corrected chi connectivity index (χ0v) is 12.8. The lowest BCUT2D eigenvalue weighted by molar-refractivity contribution is 0.196. The van der Waals surface area contributed by atoms with E-state index >= 15 is 0 Å². The van der Waals surface area contributed by atoms with Crippen molar-refractivity contribution in [1.29, 1.82) is 0 Å². The lowest BCUT2D eigenvalue weighted by atomic mass is 10.0. The summed E-state index contributed by atoms with van der Waals surface area (Å²) in [6, 6.07) is 16.3. The van der Waals surface area contributed by atoms with E-state index in [-0.39, 0.29) is 6.10 Å². The van der Waals surface area contributed by atoms with Gasteiger partial charge in [-0.1, -0.05) is 52.3 Å². The van der Waals surface area contributed by atoms with Crippen molar-refractivity contribution in [2.45, 2.75) is 25.6 Å². The molecule has 2 aromatic carbocycles. The van der Waals surface area contributed by atoms with Crippen molar-refractivity contribution >= 4 is 15.9 Å². The largest absolute Gasteiger partial charge is 0.489 e. The molecule has 2 aromatic rings. The molecule has 1 heterocycles. The summed E-state index contributed by atoms with van der Waals surface area (Å²) in [5, 5.41) is 0.877. The van der Waals surface area contributed by atoms with Gasteiger partial charge in [0.25, 0.3) is 0 Å². The van der Waals surface area contributed by atoms with E-state index in [9.17, 15) is 0 Å². The Morgan fingerprint density at radius 1 is 1.15 bits per heavy atom. The van der Waals surface area contributed by atoms with Gasteiger partial charge in [0, 0.05) is 11.4 Å². The summed E-state index contributed by atoms with van der Waals surface area (Å²) in [6.07, 6.45) is 2.42. The Bertz CT molecular complexity index is 568. The molecule has 3 rings (SSSR count). The number of fused-ring (bicyclic) bond motifs is 1. The van der Waals surface area contributed by atoms with E-state index < -0.39 is 0 Å². The van der Waals surface area contributed by atoms with Gasteiger partial charge in [-0.2, -0.15) is 0 Å². The standard InChI is InChI=1S/C17H17BrO2/c18-11-16-9-7-14-6-8-15(10-17(14)20-16)19-12-13-4-2-1-3-5-13/h1-6,8,10,16H,7,9,11-12H2. The molecule has 0 saturated heterocycles. The number of rotatable bonds is 4. The first-order valence-electron chi connectivity index (χ1n) is 6.87. The minimum atomic E-state index is 0.270. The van der Waals surface area contributed by atoms with Crippen LogP contribution in [0.5, 0.6) is 11.5 Å². The van der Waals surface area contributed by atoms with Gasteiger partial charge in [-0.3, -0.25) is 0 Å². The Morgan fingerprint density at radius 2 is 2.00 bits per heavy atom. The molecule has 1 atom stereocenters. The molecule has 0 saturated carbocycles. The molecule has 20 heavy (non-hydrogen) atoms. The van der Waals surface area contributed by atoms with E-state index in [1.54, 1.807) is 0 Å². The number of halogens is 1. The zero-order chi connectivity index (χ0) is 13.8. The molecule has 0 amide bonds. The summed E-state index contributed by atoms with van der Waals surface area (Å²) in [5.41, 5.74) is 2.44. The quantitative estimate of drug-likeness (QED) is 0.775. The number of hydrogen-bond acceptors (Lipinski definition) is 2. The van der Waals surface area contributed by atoms with Gasteiger partial charge in [-0.15, -0.1) is 0 Å². The first-order valence-corrected chi connectivity index (χ1v) is 7.99. The highest BCUT2D eigenvalue weighted by Crippen LogP contribution is 2.32. The topological polar surface area (TPSA) is 18.5 Å². The number of aryl methyl sites for hydroxylation is 1. The fourth-order valence-corrected chi connectivity index (χ4v) is 2.80. The SMILES string of the molecule is BrCC1CCc2ccc(OCc3ccccc3)cc2O1. The van der Waals surface area contributed by atoms with E-state index in [0.29, 0.717) is 6.61 Å². The number of benzene rings is 2. The summed E-state index contributed by atoms with van der Waals surface area (Å²) in [4.78, 5) is 0. The molecule has 0 aliphatic carbocycles. The maximum absolute atomic E-state index is 5.95. The van der Waals surface area contributed by atoms with Gasteiger partial charge < -0.3 is 9.47 Å². The molecule has 1 aliphatic rings. The van der Waals surface area contributed by atoms with Crippen LogP contribution < -0.4 is 9.47 Å². The van der Waals surface area contributed by atoms with Gasteiger partial charge in [0.15, 0.2) is 0 Å². The third kappa shape index (κ3) is 3.15. The number of hydrogen-bond donors (Lipinski definition) is 0. The average molecular weight is 333 g/mol. The highest BCUT2D eigenvalue weighted by molar-refractivity contribution is 9.09. The lowest BCUT2D eigenvalue weighted by Gasteiger charge is -2.25. The summed E-state index contributed by atoms with van der Waals surface area (Å²) in [5.74, 6) is 1.83. The Balaban J connectivity index is 1.69. The molecule has 0 aromatic heterocycles. The molecule has 0 fully saturated rings. The number of alkyl halides is 1. The van der Waals surface area contributed by atoms with E-state index in [1.807, 2.05) is 30.3 Å². The van der Waals surface area contributed by atoms with Crippen LogP contribution in [-0.4, -0.2) is 11.4 Å². The third-order valence-electron chi connectivity index (χ3n) is 3.49. The molecule has 2 nitrogen and oxygen atoms in total. The van der Waals surface area contributed by atoms with Crippen LogP contribution in [0.15, 0.2) is 48.5 Å². The molecule has 0 spiro atoms. The molecule has 1 aliphatic heterocycles. The van der Waals surface area contributed by atoms with E-state index in [1.165, 1.54) is 11.1 Å². The molecule has 104 valence electrons. The maximum atomic E-state index is 5.95. The van der Waals surface area contributed by atoms with Crippen LogP contribution in [-0.2, 0) is 13.0 Å². The van der Waals surface area contributed by atoms with Crippen LogP contribution in [0, 0.1) is 0 Å². The van der Waals surface area contributed by atoms with Crippen molar-refractivity contribution in [3.05, 3.63) is 59.7 Å². The lowest BCUT2D eigenvalue weighted by Crippen LogP contribution is -2.23. The highest BCUT2D eigenvalue weighted by atomic mass is 79.9. The second-order valence-corrected chi connectivity index (χ2v) is 5.62. The summed E-state index contributed by atoms with van der Waals surface area (Å²) >= 11 is 3.49. The second kappa shape index (κ2) is 6.31. The van der Waals surface area contributed by atoms with Crippen molar-refractivity contribution < 1.29 is 9.47 Å². The van der Waals surface area contributed by atoms with Crippen molar-refractivity contribution in [2.24, 2.45) is 0 Å². The Labute approximate surface area is 127 Å². The van der Waals surface area contributed by atoms with Crippen molar-refractivity contribution in [2.75, 3.05) is 5.33 Å². The smallest absolute Gasteiger partial charge is 0.126 e. The maximum Gasteiger partial charge on any atom is 0.126 e. The zero-order valence-electron chi connectivity index (χ0n) is 11.2. The van der Waals surface area contributed by atoms with Gasteiger partial charge in [0.2, 0.25) is 0 Å². The van der Waals surface area contributed by atoms with Gasteiger partial charge in [-0.25, -0.2) is 0 Å². The van der Waals surface area contributed by atoms with Crippen molar-refractivity contribution in [3.8, 4) is 11.5 Å². The summed E-state index contributed by atoms with van der Waals surface area (Å²) < 4.78 is 11.8. The Hall–Kier alpha value is -1.48. The highest BCUT2D eigenvalue weighted by Gasteiger charge is 2.19. The summed E-state index contributed by atoms with van der Waals surface area (Å²) in [6.45, 7) is 0.585. The first-order chi connectivity index (χ1) is 9.85. The first kappa shape index (κ1) is 13.5. The minimum Gasteiger partial charge on any atom is -0.489 e. The van der Waals surface area contributed by atoms with Crippen LogP contribution in [0.1, 0.15) is 17.5 Å². The van der Waals surface area contributed by atoms with E-state index in [2.05, 4.69) is 34.1 Å². The van der Waals surface area contributed by atoms with Crippen LogP contribution in [0.25, 0.3) is 0 Å². The second-order valence-electron chi connectivity index (χ2n) is 4.98. The monoisotopic (exact) mass is 332 g/mol. The predicted octanol–water partition coefficient (Wildman–Crippen LogP) is 4.35. The molecule has 0 bridgehead atoms. The Kier molecular flexibility index (Phi) is 4.26. The summed E-state index contributed by atoms with van der Waals surface area (Å²) in [7, 11) is 0. The molecule has 0 N–H and O–H groups in total. The van der Waals surface area contributed by atoms with E-state index in [0.717, 1.165) is 29.7 Å². The molecular weight excluding hydrogens is 316 g/mol. The van der Waals surface area contributed by atoms with Gasteiger partial charge in [-0.05, 0) is 30.0 Å². The third-order valence-corrected chi connectivity index (χ3v) is 4.21. The number of ether oxygens (including phenoxy) is 2. The predicted molar refractivity (Wildman–Crippen MR) is 83.7 cm³/mol. The molecule has 1 unspecified atom stereocenters. The minimum absolute atomic E-state index is 0.270. The average Bonchev–Trinajstić information content (AvgIpc) is 2.53. The molecule has 3 heteroatoms. The normalized spacial score (nSPS) is 17.1. The van der Waals surface area contributed by atoms with Gasteiger partial charge in [0.1, 0.15) is 24.2 Å². The van der Waals surface area contributed by atoms with Gasteiger partial charge in [0.05, 0.1) is 0 Å². The van der Waals surface area contributed by atoms with E-state index in [4.69, 9.17) is 9.47 Å².